The van der Waals surface area contributed by atoms with Crippen molar-refractivity contribution in [3.05, 3.63) is 85.1 Å². The van der Waals surface area contributed by atoms with Gasteiger partial charge in [-0.1, -0.05) is 209 Å². The molecule has 6 heteroatoms. The molecule has 0 aliphatic heterocycles. The molecule has 0 aliphatic carbocycles. The molecule has 0 aromatic rings. The summed E-state index contributed by atoms with van der Waals surface area (Å²) in [4.78, 5) is 38.1. The summed E-state index contributed by atoms with van der Waals surface area (Å²) in [6, 6.07) is 0. The number of hydrogen-bond acceptors (Lipinski definition) is 6. The number of carbonyl (C=O) groups excluding carboxylic acids is 3. The quantitative estimate of drug-likeness (QED) is 0.0262. The summed E-state index contributed by atoms with van der Waals surface area (Å²) in [5, 5.41) is 0. The minimum atomic E-state index is -0.795. The first-order valence-corrected chi connectivity index (χ1v) is 27.1. The van der Waals surface area contributed by atoms with Gasteiger partial charge in [0.25, 0.3) is 0 Å². The molecule has 65 heavy (non-hydrogen) atoms. The Morgan fingerprint density at radius 2 is 0.600 bits per heavy atom. The molecule has 0 amide bonds. The molecule has 0 N–H and O–H groups in total. The van der Waals surface area contributed by atoms with Gasteiger partial charge in [0.1, 0.15) is 13.2 Å². The zero-order chi connectivity index (χ0) is 47.2. The Labute approximate surface area is 401 Å². The molecule has 372 valence electrons. The molecule has 0 aromatic carbocycles. The first-order chi connectivity index (χ1) is 32.0. The summed E-state index contributed by atoms with van der Waals surface area (Å²) in [6.45, 7) is 6.38. The number of carbonyl (C=O) groups is 3. The van der Waals surface area contributed by atoms with E-state index in [2.05, 4.69) is 106 Å². The van der Waals surface area contributed by atoms with Crippen molar-refractivity contribution in [3.63, 3.8) is 0 Å². The number of ether oxygens (including phenoxy) is 3. The van der Waals surface area contributed by atoms with Gasteiger partial charge in [0.05, 0.1) is 0 Å². The van der Waals surface area contributed by atoms with Crippen LogP contribution in [-0.4, -0.2) is 37.2 Å². The van der Waals surface area contributed by atoms with Gasteiger partial charge in [-0.15, -0.1) is 0 Å². The van der Waals surface area contributed by atoms with Crippen LogP contribution < -0.4 is 0 Å². The van der Waals surface area contributed by atoms with Crippen LogP contribution in [-0.2, 0) is 28.6 Å². The number of rotatable bonds is 48. The van der Waals surface area contributed by atoms with Gasteiger partial charge in [0, 0.05) is 19.3 Å². The third kappa shape index (κ3) is 51.4. The maximum atomic E-state index is 12.8. The van der Waals surface area contributed by atoms with Crippen molar-refractivity contribution in [1.29, 1.82) is 0 Å². The Balaban J connectivity index is 4.44. The summed E-state index contributed by atoms with van der Waals surface area (Å²) in [5.74, 6) is -0.928. The van der Waals surface area contributed by atoms with E-state index in [1.54, 1.807) is 0 Å². The topological polar surface area (TPSA) is 78.9 Å². The lowest BCUT2D eigenvalue weighted by molar-refractivity contribution is -0.167. The van der Waals surface area contributed by atoms with Crippen LogP contribution >= 0.6 is 0 Å². The SMILES string of the molecule is CC/C=C\C/C=C\C/C=C\CCCCCCCC(=O)OCC(COC(=O)CCCCCCCCC/C=C\CCCCCCCC)OC(=O)CCCCCCC/C=C\C/C=C\C/C=C\CC. The van der Waals surface area contributed by atoms with Crippen LogP contribution in [0.3, 0.4) is 0 Å². The second-order valence-electron chi connectivity index (χ2n) is 17.7. The van der Waals surface area contributed by atoms with Gasteiger partial charge < -0.3 is 14.2 Å². The van der Waals surface area contributed by atoms with Crippen molar-refractivity contribution >= 4 is 17.9 Å². The Morgan fingerprint density at radius 1 is 0.323 bits per heavy atom. The van der Waals surface area contributed by atoms with Crippen molar-refractivity contribution in [1.82, 2.24) is 0 Å². The van der Waals surface area contributed by atoms with Crippen molar-refractivity contribution in [3.8, 4) is 0 Å². The van der Waals surface area contributed by atoms with E-state index in [-0.39, 0.29) is 31.1 Å². The van der Waals surface area contributed by atoms with Crippen LogP contribution in [0.4, 0.5) is 0 Å². The molecule has 0 fully saturated rings. The average Bonchev–Trinajstić information content (AvgIpc) is 3.30. The van der Waals surface area contributed by atoms with Gasteiger partial charge >= 0.3 is 17.9 Å². The van der Waals surface area contributed by atoms with E-state index in [0.717, 1.165) is 135 Å². The molecular weight excluding hydrogens is 805 g/mol. The fraction of sp³-hybridized carbons (Fsp3) is 0.712. The lowest BCUT2D eigenvalue weighted by atomic mass is 10.1. The van der Waals surface area contributed by atoms with Gasteiger partial charge in [0.2, 0.25) is 0 Å². The summed E-state index contributed by atoms with van der Waals surface area (Å²) in [5.41, 5.74) is 0. The summed E-state index contributed by atoms with van der Waals surface area (Å²) in [7, 11) is 0. The fourth-order valence-corrected chi connectivity index (χ4v) is 7.35. The molecule has 0 aliphatic rings. The predicted octanol–water partition coefficient (Wildman–Crippen LogP) is 18.0. The van der Waals surface area contributed by atoms with Crippen LogP contribution in [0.15, 0.2) is 85.1 Å². The molecule has 0 rings (SSSR count). The smallest absolute Gasteiger partial charge is 0.306 e. The van der Waals surface area contributed by atoms with Crippen LogP contribution in [0.25, 0.3) is 0 Å². The van der Waals surface area contributed by atoms with Crippen LogP contribution in [0.1, 0.15) is 252 Å². The third-order valence-corrected chi connectivity index (χ3v) is 11.4. The molecule has 0 aromatic heterocycles. The van der Waals surface area contributed by atoms with Crippen LogP contribution in [0, 0.1) is 0 Å². The maximum absolute atomic E-state index is 12.8. The Hall–Kier alpha value is -3.41. The van der Waals surface area contributed by atoms with Gasteiger partial charge in [-0.25, -0.2) is 0 Å². The standard InChI is InChI=1S/C59H100O6/c1-4-7-10-13-16-19-22-25-28-29-32-34-37-40-43-46-49-52-58(61)64-55-56(65-59(62)53-50-47-44-41-38-35-31-27-24-21-18-15-12-9-6-3)54-63-57(60)51-48-45-42-39-36-33-30-26-23-20-17-14-11-8-5-2/h8-9,11-12,17-18,20-21,25-28,30-31,56H,4-7,10,13-16,19,22-24,29,32-55H2,1-3H3/b11-8-,12-9-,20-17-,21-18-,28-25-,30-26-,31-27-. The monoisotopic (exact) mass is 905 g/mol. The van der Waals surface area contributed by atoms with E-state index in [4.69, 9.17) is 14.2 Å². The van der Waals surface area contributed by atoms with Gasteiger partial charge in [-0.05, 0) is 109 Å². The van der Waals surface area contributed by atoms with Gasteiger partial charge in [-0.3, -0.25) is 14.4 Å². The van der Waals surface area contributed by atoms with Crippen molar-refractivity contribution in [2.24, 2.45) is 0 Å². The maximum Gasteiger partial charge on any atom is 0.306 e. The molecule has 1 atom stereocenters. The van der Waals surface area contributed by atoms with Crippen LogP contribution in [0.5, 0.6) is 0 Å². The molecule has 0 bridgehead atoms. The first-order valence-electron chi connectivity index (χ1n) is 27.1. The summed E-state index contributed by atoms with van der Waals surface area (Å²) >= 11 is 0. The van der Waals surface area contributed by atoms with E-state index in [0.29, 0.717) is 19.3 Å². The summed E-state index contributed by atoms with van der Waals surface area (Å²) < 4.78 is 16.8. The zero-order valence-corrected chi connectivity index (χ0v) is 42.5. The number of unbranched alkanes of at least 4 members (excludes halogenated alkanes) is 23. The minimum absolute atomic E-state index is 0.0918. The first kappa shape index (κ1) is 61.6. The molecule has 0 spiro atoms. The minimum Gasteiger partial charge on any atom is -0.462 e. The van der Waals surface area contributed by atoms with E-state index in [9.17, 15) is 14.4 Å². The lowest BCUT2D eigenvalue weighted by Crippen LogP contribution is -2.30. The molecule has 1 unspecified atom stereocenters. The second-order valence-corrected chi connectivity index (χ2v) is 17.7. The molecule has 0 saturated heterocycles. The number of hydrogen-bond donors (Lipinski definition) is 0. The third-order valence-electron chi connectivity index (χ3n) is 11.4. The van der Waals surface area contributed by atoms with E-state index >= 15 is 0 Å². The van der Waals surface area contributed by atoms with Crippen molar-refractivity contribution in [2.75, 3.05) is 13.2 Å². The lowest BCUT2D eigenvalue weighted by Gasteiger charge is -2.18. The van der Waals surface area contributed by atoms with Gasteiger partial charge in [0.15, 0.2) is 6.10 Å². The highest BCUT2D eigenvalue weighted by molar-refractivity contribution is 5.71. The predicted molar refractivity (Wildman–Crippen MR) is 279 cm³/mol. The van der Waals surface area contributed by atoms with E-state index < -0.39 is 6.10 Å². The highest BCUT2D eigenvalue weighted by atomic mass is 16.6. The van der Waals surface area contributed by atoms with Crippen LogP contribution in [0.2, 0.25) is 0 Å². The number of allylic oxidation sites excluding steroid dienone is 14. The molecule has 0 heterocycles. The van der Waals surface area contributed by atoms with E-state index in [1.807, 2.05) is 0 Å². The Kier molecular flexibility index (Phi) is 50.4. The molecule has 0 radical (unpaired) electrons. The number of esters is 3. The fourth-order valence-electron chi connectivity index (χ4n) is 7.35. The zero-order valence-electron chi connectivity index (χ0n) is 42.5. The largest absolute Gasteiger partial charge is 0.462 e. The second kappa shape index (κ2) is 53.2. The average molecular weight is 905 g/mol. The molecule has 6 nitrogen and oxygen atoms in total. The normalized spacial score (nSPS) is 12.7. The molecular formula is C59H100O6. The van der Waals surface area contributed by atoms with E-state index in [1.165, 1.54) is 77.0 Å². The summed E-state index contributed by atoms with van der Waals surface area (Å²) in [6.07, 6.45) is 68.5. The Morgan fingerprint density at radius 3 is 0.954 bits per heavy atom. The van der Waals surface area contributed by atoms with Crippen molar-refractivity contribution in [2.45, 2.75) is 258 Å². The van der Waals surface area contributed by atoms with Crippen molar-refractivity contribution < 1.29 is 28.6 Å². The van der Waals surface area contributed by atoms with Gasteiger partial charge in [-0.2, -0.15) is 0 Å². The highest BCUT2D eigenvalue weighted by Gasteiger charge is 2.19. The highest BCUT2D eigenvalue weighted by Crippen LogP contribution is 2.14. The Bertz CT molecular complexity index is 1270. The molecule has 0 saturated carbocycles.